The van der Waals surface area contributed by atoms with Crippen molar-refractivity contribution in [2.75, 3.05) is 12.4 Å². The molecule has 0 atom stereocenters. The van der Waals surface area contributed by atoms with Gasteiger partial charge in [-0.2, -0.15) is 0 Å². The highest BCUT2D eigenvalue weighted by Crippen LogP contribution is 2.11. The Morgan fingerprint density at radius 3 is 2.55 bits per heavy atom. The summed E-state index contributed by atoms with van der Waals surface area (Å²) in [6.07, 6.45) is 1.76. The molecule has 3 nitrogen and oxygen atoms in total. The summed E-state index contributed by atoms with van der Waals surface area (Å²) in [4.78, 5) is 6.02. The van der Waals surface area contributed by atoms with Crippen LogP contribution in [0.1, 0.15) is 11.1 Å². The summed E-state index contributed by atoms with van der Waals surface area (Å²) in [5, 5.41) is 4.38. The van der Waals surface area contributed by atoms with Crippen LogP contribution in [-0.2, 0) is 6.54 Å². The largest absolute Gasteiger partial charge is 0.348 e. The zero-order chi connectivity index (χ0) is 14.5. The number of nitrogens with one attached hydrogen (secondary N) is 1. The van der Waals surface area contributed by atoms with Crippen LogP contribution in [0.5, 0.6) is 0 Å². The molecule has 5 heteroatoms. The maximum Gasteiger partial charge on any atom is 0.173 e. The van der Waals surface area contributed by atoms with Crippen LogP contribution < -0.4 is 5.32 Å². The summed E-state index contributed by atoms with van der Waals surface area (Å²) < 4.78 is 0. The minimum Gasteiger partial charge on any atom is -0.348 e. The smallest absolute Gasteiger partial charge is 0.173 e. The molecule has 1 N–H and O–H groups in total. The molecular formula is C15H16ClN3S. The number of aryl methyl sites for hydroxylation is 1. The Kier molecular flexibility index (Phi) is 4.93. The van der Waals surface area contributed by atoms with Crippen LogP contribution in [0.4, 0.5) is 5.69 Å². The van der Waals surface area contributed by atoms with Crippen molar-refractivity contribution < 1.29 is 0 Å². The topological polar surface area (TPSA) is 28.2 Å². The maximum atomic E-state index is 5.77. The molecule has 2 aromatic rings. The lowest BCUT2D eigenvalue weighted by atomic mass is 10.2. The normalized spacial score (nSPS) is 10.2. The Balaban J connectivity index is 1.94. The molecule has 0 aliphatic rings. The van der Waals surface area contributed by atoms with Crippen molar-refractivity contribution >= 4 is 34.6 Å². The third-order valence-electron chi connectivity index (χ3n) is 2.86. The summed E-state index contributed by atoms with van der Waals surface area (Å²) in [5.41, 5.74) is 3.27. The molecule has 1 aromatic heterocycles. The van der Waals surface area contributed by atoms with Gasteiger partial charge in [0.25, 0.3) is 0 Å². The lowest BCUT2D eigenvalue weighted by molar-refractivity contribution is 0.507. The van der Waals surface area contributed by atoms with Crippen molar-refractivity contribution in [2.24, 2.45) is 0 Å². The Labute approximate surface area is 129 Å². The Bertz CT molecular complexity index is 581. The quantitative estimate of drug-likeness (QED) is 0.688. The van der Waals surface area contributed by atoms with E-state index in [1.54, 1.807) is 12.3 Å². The van der Waals surface area contributed by atoms with Gasteiger partial charge >= 0.3 is 0 Å². The van der Waals surface area contributed by atoms with Gasteiger partial charge in [-0.25, -0.2) is 4.98 Å². The van der Waals surface area contributed by atoms with Crippen molar-refractivity contribution in [2.45, 2.75) is 13.5 Å². The van der Waals surface area contributed by atoms with E-state index in [-0.39, 0.29) is 0 Å². The molecule has 0 aliphatic carbocycles. The molecule has 104 valence electrons. The first-order chi connectivity index (χ1) is 9.54. The summed E-state index contributed by atoms with van der Waals surface area (Å²) in [6, 6.07) is 11.8. The summed E-state index contributed by atoms with van der Waals surface area (Å²) >= 11 is 11.2. The minimum atomic E-state index is 0.497. The molecule has 1 heterocycles. The second kappa shape index (κ2) is 6.68. The molecule has 20 heavy (non-hydrogen) atoms. The highest BCUT2D eigenvalue weighted by Gasteiger charge is 2.06. The van der Waals surface area contributed by atoms with Crippen LogP contribution in [0.2, 0.25) is 5.15 Å². The van der Waals surface area contributed by atoms with Gasteiger partial charge in [-0.1, -0.05) is 35.4 Å². The van der Waals surface area contributed by atoms with Crippen molar-refractivity contribution in [3.63, 3.8) is 0 Å². The van der Waals surface area contributed by atoms with Gasteiger partial charge in [0.05, 0.1) is 0 Å². The standard InChI is InChI=1S/C15H16ClN3S/c1-11-3-6-13(7-4-11)18-15(20)19(2)10-12-5-8-14(16)17-9-12/h3-9H,10H2,1-2H3,(H,18,20). The maximum absolute atomic E-state index is 5.77. The van der Waals surface area contributed by atoms with Crippen molar-refractivity contribution in [1.82, 2.24) is 9.88 Å². The molecule has 0 amide bonds. The van der Waals surface area contributed by atoms with E-state index in [0.29, 0.717) is 16.8 Å². The van der Waals surface area contributed by atoms with Gasteiger partial charge < -0.3 is 10.2 Å². The van der Waals surface area contributed by atoms with E-state index in [0.717, 1.165) is 11.3 Å². The molecule has 0 radical (unpaired) electrons. The fourth-order valence-corrected chi connectivity index (χ4v) is 2.00. The number of pyridine rings is 1. The van der Waals surface area contributed by atoms with E-state index in [2.05, 4.69) is 17.2 Å². The minimum absolute atomic E-state index is 0.497. The number of aromatic nitrogens is 1. The second-order valence-electron chi connectivity index (χ2n) is 4.64. The molecule has 0 bridgehead atoms. The molecule has 0 spiro atoms. The van der Waals surface area contributed by atoms with E-state index in [4.69, 9.17) is 23.8 Å². The molecule has 0 unspecified atom stereocenters. The van der Waals surface area contributed by atoms with E-state index in [1.807, 2.05) is 42.3 Å². The fraction of sp³-hybridized carbons (Fsp3) is 0.200. The number of thiocarbonyl (C=S) groups is 1. The summed E-state index contributed by atoms with van der Waals surface area (Å²) in [5.74, 6) is 0. The van der Waals surface area contributed by atoms with Crippen LogP contribution in [0, 0.1) is 6.92 Å². The Morgan fingerprint density at radius 1 is 1.25 bits per heavy atom. The number of hydrogen-bond acceptors (Lipinski definition) is 2. The highest BCUT2D eigenvalue weighted by atomic mass is 35.5. The van der Waals surface area contributed by atoms with Gasteiger partial charge in [0.15, 0.2) is 5.11 Å². The highest BCUT2D eigenvalue weighted by molar-refractivity contribution is 7.80. The van der Waals surface area contributed by atoms with Crippen LogP contribution in [0.25, 0.3) is 0 Å². The average molecular weight is 306 g/mol. The lowest BCUT2D eigenvalue weighted by Crippen LogP contribution is -2.30. The van der Waals surface area contributed by atoms with E-state index in [1.165, 1.54) is 5.56 Å². The third-order valence-corrected chi connectivity index (χ3v) is 3.50. The molecular weight excluding hydrogens is 290 g/mol. The van der Waals surface area contributed by atoms with Gasteiger partial charge in [0.1, 0.15) is 5.15 Å². The molecule has 0 saturated heterocycles. The summed E-state index contributed by atoms with van der Waals surface area (Å²) in [6.45, 7) is 2.74. The number of hydrogen-bond donors (Lipinski definition) is 1. The number of halogens is 1. The zero-order valence-corrected chi connectivity index (χ0v) is 13.0. The number of benzene rings is 1. The van der Waals surface area contributed by atoms with Crippen LogP contribution in [0.3, 0.4) is 0 Å². The van der Waals surface area contributed by atoms with Crippen molar-refractivity contribution in [1.29, 1.82) is 0 Å². The van der Waals surface area contributed by atoms with Gasteiger partial charge in [-0.3, -0.25) is 0 Å². The Morgan fingerprint density at radius 2 is 1.95 bits per heavy atom. The van der Waals surface area contributed by atoms with Crippen molar-refractivity contribution in [3.8, 4) is 0 Å². The SMILES string of the molecule is Cc1ccc(NC(=S)N(C)Cc2ccc(Cl)nc2)cc1. The third kappa shape index (κ3) is 4.18. The predicted molar refractivity (Wildman–Crippen MR) is 88.1 cm³/mol. The monoisotopic (exact) mass is 305 g/mol. The van der Waals surface area contributed by atoms with Gasteiger partial charge in [0, 0.05) is 25.5 Å². The van der Waals surface area contributed by atoms with Gasteiger partial charge in [-0.15, -0.1) is 0 Å². The number of anilines is 1. The van der Waals surface area contributed by atoms with E-state index < -0.39 is 0 Å². The first-order valence-corrected chi connectivity index (χ1v) is 7.02. The number of rotatable bonds is 3. The molecule has 0 saturated carbocycles. The van der Waals surface area contributed by atoms with Gasteiger partial charge in [0.2, 0.25) is 0 Å². The number of nitrogens with zero attached hydrogens (tertiary/aromatic N) is 2. The molecule has 1 aromatic carbocycles. The zero-order valence-electron chi connectivity index (χ0n) is 11.4. The summed E-state index contributed by atoms with van der Waals surface area (Å²) in [7, 11) is 1.94. The first kappa shape index (κ1) is 14.8. The fourth-order valence-electron chi connectivity index (χ4n) is 1.70. The molecule has 2 rings (SSSR count). The van der Waals surface area contributed by atoms with Gasteiger partial charge in [-0.05, 0) is 42.9 Å². The molecule has 0 fully saturated rings. The van der Waals surface area contributed by atoms with E-state index >= 15 is 0 Å². The first-order valence-electron chi connectivity index (χ1n) is 6.24. The van der Waals surface area contributed by atoms with E-state index in [9.17, 15) is 0 Å². The average Bonchev–Trinajstić information content (AvgIpc) is 2.44. The molecule has 0 aliphatic heterocycles. The van der Waals surface area contributed by atoms with Crippen LogP contribution in [0.15, 0.2) is 42.6 Å². The second-order valence-corrected chi connectivity index (χ2v) is 5.42. The van der Waals surface area contributed by atoms with Crippen molar-refractivity contribution in [3.05, 3.63) is 58.9 Å². The lowest BCUT2D eigenvalue weighted by Gasteiger charge is -2.21. The predicted octanol–water partition coefficient (Wildman–Crippen LogP) is 3.87. The van der Waals surface area contributed by atoms with Crippen LogP contribution in [-0.4, -0.2) is 22.0 Å². The Hall–Kier alpha value is -1.65. The van der Waals surface area contributed by atoms with Crippen LogP contribution >= 0.6 is 23.8 Å².